The van der Waals surface area contributed by atoms with Crippen LogP contribution in [0.1, 0.15) is 0 Å². The number of thioether (sulfide) groups is 2. The largest absolute Gasteiger partial charge is 0.325 e. The van der Waals surface area contributed by atoms with Gasteiger partial charge in [-0.2, -0.15) is 0 Å². The van der Waals surface area contributed by atoms with Gasteiger partial charge in [0.1, 0.15) is 0 Å². The van der Waals surface area contributed by atoms with Crippen molar-refractivity contribution in [3.63, 3.8) is 0 Å². The molecule has 45 heavy (non-hydrogen) atoms. The lowest BCUT2D eigenvalue weighted by Gasteiger charge is -2.09. The van der Waals surface area contributed by atoms with E-state index in [1.807, 2.05) is 12.1 Å². The molecule has 2 heterocycles. The number of benzene rings is 4. The van der Waals surface area contributed by atoms with Crippen molar-refractivity contribution in [2.45, 2.75) is 18.5 Å². The van der Waals surface area contributed by atoms with E-state index in [4.69, 9.17) is 23.2 Å². The van der Waals surface area contributed by atoms with Crippen molar-refractivity contribution in [1.82, 2.24) is 9.97 Å². The molecule has 0 saturated carbocycles. The smallest absolute Gasteiger partial charge is 0.234 e. The molecule has 6 aromatic rings. The minimum absolute atomic E-state index is 0.0771. The van der Waals surface area contributed by atoms with Gasteiger partial charge in [-0.3, -0.25) is 9.59 Å². The molecule has 228 valence electrons. The highest BCUT2D eigenvalue weighted by atomic mass is 35.5. The van der Waals surface area contributed by atoms with Crippen LogP contribution in [0.2, 0.25) is 10.0 Å². The minimum atomic E-state index is -3.82. The third-order valence-corrected chi connectivity index (χ3v) is 12.8. The van der Waals surface area contributed by atoms with Crippen LogP contribution in [-0.2, 0) is 19.4 Å². The molecule has 15 heteroatoms. The molecule has 4 aromatic carbocycles. The van der Waals surface area contributed by atoms with E-state index in [1.54, 1.807) is 48.5 Å². The topological polar surface area (TPSA) is 118 Å². The first kappa shape index (κ1) is 31.8. The van der Waals surface area contributed by atoms with Gasteiger partial charge in [-0.1, -0.05) is 46.7 Å². The predicted octanol–water partition coefficient (Wildman–Crippen LogP) is 8.51. The summed E-state index contributed by atoms with van der Waals surface area (Å²) in [6.45, 7) is 0. The van der Waals surface area contributed by atoms with Crippen LogP contribution in [0.5, 0.6) is 0 Å². The molecule has 0 aliphatic carbocycles. The summed E-state index contributed by atoms with van der Waals surface area (Å²) in [5.41, 5.74) is 2.52. The van der Waals surface area contributed by atoms with Gasteiger partial charge in [-0.15, -0.1) is 22.7 Å². The van der Waals surface area contributed by atoms with E-state index < -0.39 is 9.84 Å². The van der Waals surface area contributed by atoms with Gasteiger partial charge in [0.05, 0.1) is 41.7 Å². The predicted molar refractivity (Wildman–Crippen MR) is 186 cm³/mol. The van der Waals surface area contributed by atoms with Crippen molar-refractivity contribution in [2.75, 3.05) is 22.1 Å². The lowest BCUT2D eigenvalue weighted by Crippen LogP contribution is -2.14. The van der Waals surface area contributed by atoms with Gasteiger partial charge < -0.3 is 10.6 Å². The van der Waals surface area contributed by atoms with Gasteiger partial charge in [0, 0.05) is 21.4 Å². The lowest BCUT2D eigenvalue weighted by atomic mass is 10.3. The highest BCUT2D eigenvalue weighted by molar-refractivity contribution is 8.02. The maximum Gasteiger partial charge on any atom is 0.234 e. The maximum atomic E-state index is 13.2. The Morgan fingerprint density at radius 2 is 1.04 bits per heavy atom. The average Bonchev–Trinajstić information content (AvgIpc) is 3.62. The maximum absolute atomic E-state index is 13.2. The fourth-order valence-electron chi connectivity index (χ4n) is 4.10. The first-order valence-electron chi connectivity index (χ1n) is 13.1. The SMILES string of the molecule is O=C(CSc1nc2cc(Cl)ccc2s1)Nc1ccc(S(=O)(=O)c2ccc(NC(=O)CSc3nc4cc(Cl)ccc4s3)cc2)cc1. The van der Waals surface area contributed by atoms with E-state index in [9.17, 15) is 18.0 Å². The van der Waals surface area contributed by atoms with E-state index in [1.165, 1.54) is 70.5 Å². The van der Waals surface area contributed by atoms with Crippen LogP contribution >= 0.6 is 69.4 Å². The second kappa shape index (κ2) is 13.7. The Bertz CT molecular complexity index is 2000. The van der Waals surface area contributed by atoms with Crippen molar-refractivity contribution in [3.05, 3.63) is 95.0 Å². The van der Waals surface area contributed by atoms with Gasteiger partial charge in [0.2, 0.25) is 21.7 Å². The Balaban J connectivity index is 1.01. The molecule has 0 fully saturated rings. The summed E-state index contributed by atoms with van der Waals surface area (Å²) in [4.78, 5) is 34.1. The third kappa shape index (κ3) is 7.80. The summed E-state index contributed by atoms with van der Waals surface area (Å²) in [7, 11) is -3.82. The summed E-state index contributed by atoms with van der Waals surface area (Å²) in [5.74, 6) is -0.193. The number of fused-ring (bicyclic) bond motifs is 2. The first-order chi connectivity index (χ1) is 21.6. The van der Waals surface area contributed by atoms with Crippen molar-refractivity contribution >= 4 is 123 Å². The number of anilines is 2. The zero-order valence-corrected chi connectivity index (χ0v) is 28.4. The molecule has 0 bridgehead atoms. The fraction of sp³-hybridized carbons (Fsp3) is 0.0667. The van der Waals surface area contributed by atoms with E-state index in [2.05, 4.69) is 20.6 Å². The molecule has 0 atom stereocenters. The summed E-state index contributed by atoms with van der Waals surface area (Å²) >= 11 is 17.6. The summed E-state index contributed by atoms with van der Waals surface area (Å²) < 4.78 is 29.9. The molecular weight excluding hydrogens is 712 g/mol. The third-order valence-electron chi connectivity index (χ3n) is 6.21. The molecule has 2 aromatic heterocycles. The van der Waals surface area contributed by atoms with E-state index in [0.717, 1.165) is 29.1 Å². The van der Waals surface area contributed by atoms with Gasteiger partial charge in [-0.05, 0) is 84.9 Å². The van der Waals surface area contributed by atoms with Gasteiger partial charge in [0.25, 0.3) is 0 Å². The van der Waals surface area contributed by atoms with Crippen molar-refractivity contribution in [2.24, 2.45) is 0 Å². The van der Waals surface area contributed by atoms with E-state index in [-0.39, 0.29) is 33.1 Å². The molecule has 0 radical (unpaired) electrons. The molecule has 6 rings (SSSR count). The van der Waals surface area contributed by atoms with E-state index >= 15 is 0 Å². The van der Waals surface area contributed by atoms with Crippen molar-refractivity contribution < 1.29 is 18.0 Å². The Hall–Kier alpha value is -3.17. The van der Waals surface area contributed by atoms with Crippen LogP contribution in [0.3, 0.4) is 0 Å². The molecular formula is C30H20Cl2N4O4S5. The average molecular weight is 732 g/mol. The normalized spacial score (nSPS) is 11.6. The number of nitrogens with zero attached hydrogens (tertiary/aromatic N) is 2. The number of aromatic nitrogens is 2. The van der Waals surface area contributed by atoms with Crippen molar-refractivity contribution in [3.8, 4) is 0 Å². The van der Waals surface area contributed by atoms with Gasteiger partial charge in [0.15, 0.2) is 8.68 Å². The number of hydrogen-bond acceptors (Lipinski definition) is 10. The Morgan fingerprint density at radius 1 is 0.644 bits per heavy atom. The van der Waals surface area contributed by atoms with Crippen LogP contribution in [0.25, 0.3) is 20.4 Å². The minimum Gasteiger partial charge on any atom is -0.325 e. The summed E-state index contributed by atoms with van der Waals surface area (Å²) in [6, 6.07) is 22.9. The van der Waals surface area contributed by atoms with Gasteiger partial charge in [-0.25, -0.2) is 18.4 Å². The number of halogens is 2. The molecule has 0 saturated heterocycles. The Kier molecular flexibility index (Phi) is 9.66. The Morgan fingerprint density at radius 3 is 1.44 bits per heavy atom. The molecule has 2 amide bonds. The molecule has 0 aliphatic heterocycles. The summed E-state index contributed by atoms with van der Waals surface area (Å²) in [5, 5.41) is 6.77. The zero-order chi connectivity index (χ0) is 31.6. The lowest BCUT2D eigenvalue weighted by molar-refractivity contribution is -0.114. The number of nitrogens with one attached hydrogen (secondary N) is 2. The number of thiazole rings is 2. The first-order valence-corrected chi connectivity index (χ1v) is 18.9. The molecule has 2 N–H and O–H groups in total. The van der Waals surface area contributed by atoms with Crippen LogP contribution < -0.4 is 10.6 Å². The number of carbonyl (C=O) groups is 2. The van der Waals surface area contributed by atoms with Crippen molar-refractivity contribution in [1.29, 1.82) is 0 Å². The quantitative estimate of drug-likeness (QED) is 0.135. The second-order valence-electron chi connectivity index (χ2n) is 9.41. The van der Waals surface area contributed by atoms with Crippen LogP contribution in [0, 0.1) is 0 Å². The Labute approximate surface area is 284 Å². The summed E-state index contributed by atoms with van der Waals surface area (Å²) in [6.07, 6.45) is 0. The number of amides is 2. The number of hydrogen-bond donors (Lipinski definition) is 2. The molecule has 0 aliphatic rings. The highest BCUT2D eigenvalue weighted by Gasteiger charge is 2.18. The molecule has 8 nitrogen and oxygen atoms in total. The zero-order valence-electron chi connectivity index (χ0n) is 22.8. The van der Waals surface area contributed by atoms with Crippen LogP contribution in [0.15, 0.2) is 103 Å². The van der Waals surface area contributed by atoms with E-state index in [0.29, 0.717) is 21.4 Å². The number of carbonyl (C=O) groups excluding carboxylic acids is 2. The second-order valence-corrected chi connectivity index (χ2v) is 16.7. The highest BCUT2D eigenvalue weighted by Crippen LogP contribution is 2.32. The van der Waals surface area contributed by atoms with Gasteiger partial charge >= 0.3 is 0 Å². The van der Waals surface area contributed by atoms with Crippen LogP contribution in [0.4, 0.5) is 11.4 Å². The standard InChI is InChI=1S/C30H20Cl2N4O4S5/c31-17-1-11-25-23(13-17)35-29(43-25)41-15-27(37)33-19-3-7-21(8-4-19)45(39,40)22-9-5-20(6-10-22)34-28(38)16-42-30-36-24-14-18(32)2-12-26(24)44-30/h1-14H,15-16H2,(H,33,37)(H,34,38). The number of sulfone groups is 1. The fourth-order valence-corrected chi connectivity index (χ4v) is 9.39. The molecule has 0 spiro atoms. The molecule has 0 unspecified atom stereocenters. The monoisotopic (exact) mass is 730 g/mol. The number of rotatable bonds is 10. The van der Waals surface area contributed by atoms with Crippen LogP contribution in [-0.4, -0.2) is 41.7 Å².